The molecule has 0 radical (unpaired) electrons. The Bertz CT molecular complexity index is 909. The number of hydrogen-bond donors (Lipinski definition) is 1. The molecule has 0 aliphatic heterocycles. The van der Waals surface area contributed by atoms with E-state index in [9.17, 15) is 18.0 Å². The molecule has 0 heterocycles. The lowest BCUT2D eigenvalue weighted by Gasteiger charge is -2.21. The van der Waals surface area contributed by atoms with Crippen LogP contribution in [-0.4, -0.2) is 45.8 Å². The number of amides is 1. The largest absolute Gasteiger partial charge is 0.447 e. The Labute approximate surface area is 165 Å². The van der Waals surface area contributed by atoms with Crippen molar-refractivity contribution in [1.29, 1.82) is 0 Å². The summed E-state index contributed by atoms with van der Waals surface area (Å²) in [5.41, 5.74) is 1.50. The third kappa shape index (κ3) is 5.90. The van der Waals surface area contributed by atoms with E-state index in [2.05, 4.69) is 4.72 Å². The van der Waals surface area contributed by atoms with Gasteiger partial charge in [0.15, 0.2) is 0 Å². The minimum absolute atomic E-state index is 0.122. The quantitative estimate of drug-likeness (QED) is 0.680. The fourth-order valence-corrected chi connectivity index (χ4v) is 3.43. The number of nitrogens with zero attached hydrogens (tertiary/aromatic N) is 1. The fourth-order valence-electron chi connectivity index (χ4n) is 2.40. The van der Waals surface area contributed by atoms with Gasteiger partial charge in [0.1, 0.15) is 0 Å². The van der Waals surface area contributed by atoms with Gasteiger partial charge in [0.25, 0.3) is 5.91 Å². The average Bonchev–Trinajstić information content (AvgIpc) is 2.66. The summed E-state index contributed by atoms with van der Waals surface area (Å²) in [4.78, 5) is 26.0. The van der Waals surface area contributed by atoms with E-state index in [-0.39, 0.29) is 23.8 Å². The summed E-state index contributed by atoms with van der Waals surface area (Å²) in [5.74, 6) is -1.05. The van der Waals surface area contributed by atoms with Gasteiger partial charge in [-0.3, -0.25) is 9.59 Å². The van der Waals surface area contributed by atoms with E-state index in [4.69, 9.17) is 4.74 Å². The number of ether oxygens (including phenoxy) is 1. The smallest absolute Gasteiger partial charge is 0.308 e. The summed E-state index contributed by atoms with van der Waals surface area (Å²) in [6.07, 6.45) is -1.27. The molecule has 2 rings (SSSR count). The Morgan fingerprint density at radius 2 is 1.64 bits per heavy atom. The van der Waals surface area contributed by atoms with Crippen LogP contribution in [0.3, 0.4) is 0 Å². The molecule has 0 unspecified atom stereocenters. The van der Waals surface area contributed by atoms with E-state index in [0.717, 1.165) is 5.56 Å². The predicted molar refractivity (Wildman–Crippen MR) is 105 cm³/mol. The molecule has 0 aliphatic rings. The summed E-state index contributed by atoms with van der Waals surface area (Å²) in [6, 6.07) is 15.1. The zero-order chi connectivity index (χ0) is 20.7. The molecule has 0 aliphatic carbocycles. The first-order valence-corrected chi connectivity index (χ1v) is 10.2. The molecule has 1 atom stereocenters. The normalized spacial score (nSPS) is 12.2. The molecule has 0 spiro atoms. The monoisotopic (exact) mass is 404 g/mol. The number of carbonyl (C=O) groups is 2. The zero-order valence-electron chi connectivity index (χ0n) is 16.1. The number of rotatable bonds is 8. The number of likely N-dealkylation sites (N-methyl/N-ethyl adjacent to an activating group) is 1. The second-order valence-corrected chi connectivity index (χ2v) is 8.24. The number of benzene rings is 2. The van der Waals surface area contributed by atoms with Gasteiger partial charge in [0.2, 0.25) is 16.1 Å². The van der Waals surface area contributed by atoms with Crippen molar-refractivity contribution in [3.8, 4) is 0 Å². The number of aryl methyl sites for hydroxylation is 1. The van der Waals surface area contributed by atoms with Crippen molar-refractivity contribution >= 4 is 21.9 Å². The molecule has 0 saturated heterocycles. The number of hydrogen-bond acceptors (Lipinski definition) is 5. The van der Waals surface area contributed by atoms with Gasteiger partial charge in [0, 0.05) is 26.2 Å². The molecule has 2 aromatic rings. The van der Waals surface area contributed by atoms with E-state index in [1.54, 1.807) is 56.6 Å². The summed E-state index contributed by atoms with van der Waals surface area (Å²) in [6.45, 7) is 1.73. The van der Waals surface area contributed by atoms with E-state index in [0.29, 0.717) is 5.56 Å². The van der Waals surface area contributed by atoms with Crippen LogP contribution in [0.25, 0.3) is 0 Å². The van der Waals surface area contributed by atoms with Crippen LogP contribution < -0.4 is 4.72 Å². The number of esters is 1. The molecule has 0 saturated carbocycles. The van der Waals surface area contributed by atoms with Crippen LogP contribution >= 0.6 is 0 Å². The topological polar surface area (TPSA) is 92.8 Å². The molecule has 0 fully saturated rings. The highest BCUT2D eigenvalue weighted by atomic mass is 32.2. The summed E-state index contributed by atoms with van der Waals surface area (Å²) >= 11 is 0. The Morgan fingerprint density at radius 1 is 1.04 bits per heavy atom. The highest BCUT2D eigenvalue weighted by Gasteiger charge is 2.26. The van der Waals surface area contributed by atoms with Crippen LogP contribution in [0.2, 0.25) is 0 Å². The van der Waals surface area contributed by atoms with Crippen molar-refractivity contribution in [2.45, 2.75) is 24.3 Å². The van der Waals surface area contributed by atoms with Crippen LogP contribution in [0.4, 0.5) is 0 Å². The van der Waals surface area contributed by atoms with Crippen LogP contribution in [0.5, 0.6) is 0 Å². The van der Waals surface area contributed by atoms with Crippen LogP contribution in [0.1, 0.15) is 23.7 Å². The fraction of sp³-hybridized carbons (Fsp3) is 0.300. The SMILES string of the molecule is Cc1ccc(S(=O)(=O)NCCC(=O)O[C@@H](C(=O)N(C)C)c2ccccc2)cc1. The van der Waals surface area contributed by atoms with Crippen molar-refractivity contribution in [2.75, 3.05) is 20.6 Å². The van der Waals surface area contributed by atoms with Gasteiger partial charge in [-0.15, -0.1) is 0 Å². The molecule has 2 aromatic carbocycles. The standard InChI is InChI=1S/C20H24N2O5S/c1-15-9-11-17(12-10-15)28(25,26)21-14-13-18(23)27-19(20(24)22(2)3)16-7-5-4-6-8-16/h4-12,19,21H,13-14H2,1-3H3/t19-/m1/s1. The summed E-state index contributed by atoms with van der Waals surface area (Å²) in [5, 5.41) is 0. The number of sulfonamides is 1. The van der Waals surface area contributed by atoms with Crippen molar-refractivity contribution in [3.05, 3.63) is 65.7 Å². The maximum atomic E-state index is 12.4. The molecule has 28 heavy (non-hydrogen) atoms. The van der Waals surface area contributed by atoms with E-state index in [1.165, 1.54) is 17.0 Å². The van der Waals surface area contributed by atoms with Crippen molar-refractivity contribution < 1.29 is 22.7 Å². The van der Waals surface area contributed by atoms with Gasteiger partial charge in [0.05, 0.1) is 11.3 Å². The zero-order valence-corrected chi connectivity index (χ0v) is 16.9. The molecule has 0 aromatic heterocycles. The second-order valence-electron chi connectivity index (χ2n) is 6.47. The lowest BCUT2D eigenvalue weighted by atomic mass is 10.1. The van der Waals surface area contributed by atoms with Crippen LogP contribution in [0, 0.1) is 6.92 Å². The third-order valence-corrected chi connectivity index (χ3v) is 5.45. The van der Waals surface area contributed by atoms with E-state index in [1.807, 2.05) is 6.92 Å². The average molecular weight is 404 g/mol. The van der Waals surface area contributed by atoms with Crippen molar-refractivity contribution in [3.63, 3.8) is 0 Å². The second kappa shape index (κ2) is 9.48. The van der Waals surface area contributed by atoms with E-state index >= 15 is 0 Å². The highest BCUT2D eigenvalue weighted by Crippen LogP contribution is 2.20. The lowest BCUT2D eigenvalue weighted by molar-refractivity contribution is -0.159. The molecule has 1 amide bonds. The van der Waals surface area contributed by atoms with E-state index < -0.39 is 22.1 Å². The molecular weight excluding hydrogens is 380 g/mol. The Morgan fingerprint density at radius 3 is 2.21 bits per heavy atom. The van der Waals surface area contributed by atoms with Crippen molar-refractivity contribution in [2.24, 2.45) is 0 Å². The minimum Gasteiger partial charge on any atom is -0.447 e. The Balaban J connectivity index is 1.97. The number of nitrogens with one attached hydrogen (secondary N) is 1. The first-order chi connectivity index (χ1) is 13.2. The minimum atomic E-state index is -3.72. The predicted octanol–water partition coefficient (Wildman–Crippen LogP) is 2.04. The third-order valence-electron chi connectivity index (χ3n) is 3.97. The lowest BCUT2D eigenvalue weighted by Crippen LogP contribution is -2.32. The molecule has 150 valence electrons. The van der Waals surface area contributed by atoms with Gasteiger partial charge in [-0.1, -0.05) is 48.0 Å². The molecule has 1 N–H and O–H groups in total. The van der Waals surface area contributed by atoms with Gasteiger partial charge >= 0.3 is 5.97 Å². The number of carbonyl (C=O) groups excluding carboxylic acids is 2. The molecule has 8 heteroatoms. The Kier molecular flexibility index (Phi) is 7.31. The molecular formula is C20H24N2O5S. The van der Waals surface area contributed by atoms with Crippen LogP contribution in [-0.2, 0) is 24.3 Å². The van der Waals surface area contributed by atoms with Crippen molar-refractivity contribution in [1.82, 2.24) is 9.62 Å². The van der Waals surface area contributed by atoms with Gasteiger partial charge in [-0.05, 0) is 19.1 Å². The summed E-state index contributed by atoms with van der Waals surface area (Å²) in [7, 11) is -0.574. The van der Waals surface area contributed by atoms with Gasteiger partial charge in [-0.25, -0.2) is 13.1 Å². The maximum absolute atomic E-state index is 12.4. The molecule has 7 nitrogen and oxygen atoms in total. The maximum Gasteiger partial charge on any atom is 0.308 e. The first-order valence-electron chi connectivity index (χ1n) is 8.72. The summed E-state index contributed by atoms with van der Waals surface area (Å²) < 4.78 is 32.2. The van der Waals surface area contributed by atoms with Gasteiger partial charge in [-0.2, -0.15) is 0 Å². The highest BCUT2D eigenvalue weighted by molar-refractivity contribution is 7.89. The molecule has 0 bridgehead atoms. The first kappa shape index (κ1) is 21.6. The Hall–Kier alpha value is -2.71. The van der Waals surface area contributed by atoms with Crippen LogP contribution in [0.15, 0.2) is 59.5 Å². The van der Waals surface area contributed by atoms with Gasteiger partial charge < -0.3 is 9.64 Å².